The highest BCUT2D eigenvalue weighted by Gasteiger charge is 2.49. The number of ether oxygens (including phenoxy) is 11. The van der Waals surface area contributed by atoms with Gasteiger partial charge in [0.1, 0.15) is 18.1 Å². The summed E-state index contributed by atoms with van der Waals surface area (Å²) in [6.07, 6.45) is 51.5. The number of amides is 8. The number of nitrogens with one attached hydrogen (secondary N) is 7. The molecular formula is C100H156Cl2N12O21S. The Kier molecular flexibility index (Phi) is 67.9. The van der Waals surface area contributed by atoms with Gasteiger partial charge in [0, 0.05) is 103 Å². The third-order valence-corrected chi connectivity index (χ3v) is 23.9. The van der Waals surface area contributed by atoms with Gasteiger partial charge in [-0.1, -0.05) is 237 Å². The van der Waals surface area contributed by atoms with Crippen LogP contribution in [0, 0.1) is 6.57 Å². The van der Waals surface area contributed by atoms with Crippen LogP contribution in [0.15, 0.2) is 134 Å². The van der Waals surface area contributed by atoms with Crippen LogP contribution in [0.4, 0.5) is 38.4 Å². The highest BCUT2D eigenvalue weighted by Crippen LogP contribution is 2.40. The van der Waals surface area contributed by atoms with Crippen LogP contribution in [0.3, 0.4) is 0 Å². The Morgan fingerprint density at radius 3 is 1.39 bits per heavy atom. The van der Waals surface area contributed by atoms with Crippen molar-refractivity contribution >= 4 is 95.6 Å². The summed E-state index contributed by atoms with van der Waals surface area (Å²) < 4.78 is 55.0. The van der Waals surface area contributed by atoms with E-state index in [0.29, 0.717) is 101 Å². The van der Waals surface area contributed by atoms with Gasteiger partial charge >= 0.3 is 60.7 Å². The number of thioether (sulfide) groups is 1. The molecule has 0 aliphatic carbocycles. The lowest BCUT2D eigenvalue weighted by Crippen LogP contribution is -2.29. The predicted molar refractivity (Wildman–Crippen MR) is 529 cm³/mol. The van der Waals surface area contributed by atoms with Gasteiger partial charge in [0.15, 0.2) is 5.70 Å². The maximum absolute atomic E-state index is 11.6. The van der Waals surface area contributed by atoms with E-state index in [1.54, 1.807) is 23.8 Å². The molecule has 762 valence electrons. The summed E-state index contributed by atoms with van der Waals surface area (Å²) in [6, 6.07) is 10.4. The van der Waals surface area contributed by atoms with Crippen molar-refractivity contribution in [3.05, 3.63) is 146 Å². The molecule has 36 heteroatoms. The van der Waals surface area contributed by atoms with E-state index in [2.05, 4.69) is 138 Å². The van der Waals surface area contributed by atoms with Crippen LogP contribution in [0.25, 0.3) is 15.3 Å². The Morgan fingerprint density at radius 2 is 0.904 bits per heavy atom. The highest BCUT2D eigenvalue weighted by atomic mass is 35.5. The fourth-order valence-electron chi connectivity index (χ4n) is 14.4. The lowest BCUT2D eigenvalue weighted by atomic mass is 10.1. The normalized spacial score (nSPS) is 21.5. The number of hydrogen-bond donors (Lipinski definition) is 7. The van der Waals surface area contributed by atoms with E-state index in [1.807, 2.05) is 42.5 Å². The number of benzene rings is 1. The van der Waals surface area contributed by atoms with Gasteiger partial charge in [0.2, 0.25) is 0 Å². The molecule has 0 aromatic heterocycles. The molecule has 7 fully saturated rings. The lowest BCUT2D eigenvalue weighted by molar-refractivity contribution is -0.145. The first-order chi connectivity index (χ1) is 66.0. The maximum atomic E-state index is 11.6. The standard InChI is InChI=1S/C17H23NO2S.C13H20ClNO4.C13H21NO4.C12H18N2O2.C12H21NO3.C11H18ClNO2.C11H18N4O2.C11H17NO2/c1-2-3-4-8-11-15-16(12-13-20-17(19)18-15)21-14-9-6-5-7-10-14;1-2-3-4-5-6-10-11(19-12(16)9-14)7-8-18-13(17)15-10;1-3-4-5-6-7-11-12(18-10(2)15)8-9-17-13(16)14-11;1-3-4-5-6-7-11-10(13-2)8-9-16-12(15)14-11;1-3-4-5-6-7-10-11(15-2)8-9-16-12(14)13-10;1-2-3-4-5-6-10-9(12)7-8-15-11(14)13-10;1-2-3-4-6-10(14-15-12)9-7-5-8-17-11(16)13-9;1-2-3-4-5-6-9-10-7-8-14-11(13)12(9)10/h5-7,9-11,16H,2-4,8,12-13H2,1H3,(H,18,19);6,11H,2-5,7-9H2,1H3,(H,15,17);7,12H,3-6,8-9H2,1-2H3,(H,14,16);3-9H2,1H3,(H,14,15);7,11H,3-6,8-9H2,1-2H3,(H,13,14);6,9H,2-5,7-8H2,1H3,(H,13,14);7,10H,2-6,8H2,1H3,(H,13,16);6,10H,2-5,7-8H2,1H3/b15-11+;10-6+;11-7+;;10-7+;10-6+;;9-6+. The van der Waals surface area contributed by atoms with Gasteiger partial charge in [-0.25, -0.2) is 43.2 Å². The second kappa shape index (κ2) is 76.9. The molecule has 7 unspecified atom stereocenters. The molecule has 1 aromatic carbocycles. The molecule has 1 aromatic rings. The van der Waals surface area contributed by atoms with Crippen molar-refractivity contribution in [1.82, 2.24) is 42.1 Å². The Bertz CT molecular complexity index is 4060. The molecule has 0 spiro atoms. The summed E-state index contributed by atoms with van der Waals surface area (Å²) in [5.74, 6) is -1.05. The van der Waals surface area contributed by atoms with Crippen molar-refractivity contribution < 1.29 is 100 Å². The third kappa shape index (κ3) is 54.8. The topological polar surface area (TPSA) is 413 Å². The summed E-state index contributed by atoms with van der Waals surface area (Å²) in [6.45, 7) is 28.7. The number of rotatable bonds is 41. The minimum Gasteiger partial charge on any atom is -0.456 e. The number of esters is 2. The molecule has 10 rings (SSSR count). The monoisotopic (exact) mass is 1960 g/mol. The van der Waals surface area contributed by atoms with E-state index in [-0.39, 0.29) is 72.2 Å². The molecule has 0 radical (unpaired) electrons. The van der Waals surface area contributed by atoms with Gasteiger partial charge in [-0.15, -0.1) is 35.0 Å². The number of nitrogens with zero attached hydrogens (tertiary/aromatic N) is 5. The number of methoxy groups -OCH3 is 1. The number of hydrogen-bond acceptors (Lipinski definition) is 23. The van der Waals surface area contributed by atoms with Crippen LogP contribution < -0.4 is 37.2 Å². The number of alkyl halides is 2. The molecule has 0 saturated carbocycles. The number of allylic oxidation sites excluding steroid dienone is 8. The molecule has 0 bridgehead atoms. The predicted octanol–water partition coefficient (Wildman–Crippen LogP) is 24.9. The van der Waals surface area contributed by atoms with Gasteiger partial charge in [-0.2, -0.15) is 0 Å². The van der Waals surface area contributed by atoms with E-state index in [1.165, 1.54) is 94.6 Å². The van der Waals surface area contributed by atoms with Crippen LogP contribution in [-0.2, 0) is 61.7 Å². The third-order valence-electron chi connectivity index (χ3n) is 21.9. The molecule has 136 heavy (non-hydrogen) atoms. The van der Waals surface area contributed by atoms with Crippen molar-refractivity contribution in [3.8, 4) is 0 Å². The van der Waals surface area contributed by atoms with Crippen molar-refractivity contribution in [3.63, 3.8) is 0 Å². The van der Waals surface area contributed by atoms with Gasteiger partial charge in [-0.3, -0.25) is 46.4 Å². The second-order valence-corrected chi connectivity index (χ2v) is 35.1. The number of carbonyl (C=O) groups is 10. The average Bonchev–Trinajstić information content (AvgIpc) is 1.60. The second-order valence-electron chi connectivity index (χ2n) is 33.0. The summed E-state index contributed by atoms with van der Waals surface area (Å²) >= 11 is 13.3. The summed E-state index contributed by atoms with van der Waals surface area (Å²) in [5, 5.41) is 22.7. The number of carbonyl (C=O) groups excluding carboxylic acids is 10. The molecular weight excluding hydrogens is 1810 g/mol. The van der Waals surface area contributed by atoms with Crippen molar-refractivity contribution in [2.24, 2.45) is 5.11 Å². The van der Waals surface area contributed by atoms with Crippen molar-refractivity contribution in [1.29, 1.82) is 0 Å². The van der Waals surface area contributed by atoms with Crippen LogP contribution in [0.5, 0.6) is 0 Å². The van der Waals surface area contributed by atoms with Gasteiger partial charge in [0.25, 0.3) is 0 Å². The first kappa shape index (κ1) is 120. The number of halogens is 2. The fourth-order valence-corrected chi connectivity index (χ4v) is 15.9. The Hall–Kier alpha value is -10.1. The summed E-state index contributed by atoms with van der Waals surface area (Å²) in [4.78, 5) is 122. The van der Waals surface area contributed by atoms with Crippen LogP contribution >= 0.6 is 35.0 Å². The lowest BCUT2D eigenvalue weighted by Gasteiger charge is -2.17. The zero-order valence-corrected chi connectivity index (χ0v) is 84.6. The van der Waals surface area contributed by atoms with E-state index in [9.17, 15) is 47.9 Å². The van der Waals surface area contributed by atoms with Crippen LogP contribution in [-0.4, -0.2) is 172 Å². The van der Waals surface area contributed by atoms with E-state index < -0.39 is 42.6 Å². The van der Waals surface area contributed by atoms with Crippen LogP contribution in [0.1, 0.15) is 326 Å². The average molecular weight is 1970 g/mol. The Morgan fingerprint density at radius 1 is 0.493 bits per heavy atom. The molecule has 33 nitrogen and oxygen atoms in total. The molecule has 7 atom stereocenters. The minimum absolute atomic E-state index is 0.0481. The Labute approximate surface area is 821 Å². The summed E-state index contributed by atoms with van der Waals surface area (Å²) in [7, 11) is 1.65. The number of cyclic esters (lactones) is 8. The number of unbranched alkanes of at least 4 members (excludes halogenated alkanes) is 23. The quantitative estimate of drug-likeness (QED) is 0.00368. The first-order valence-electron chi connectivity index (χ1n) is 49.4. The van der Waals surface area contributed by atoms with Crippen molar-refractivity contribution in [2.45, 2.75) is 371 Å². The molecule has 9 heterocycles. The smallest absolute Gasteiger partial charge is 0.414 e. The van der Waals surface area contributed by atoms with E-state index in [0.717, 1.165) is 177 Å². The van der Waals surface area contributed by atoms with Gasteiger partial charge < -0.3 is 57.4 Å². The zero-order chi connectivity index (χ0) is 99.6. The Balaban J connectivity index is 0.000000401. The van der Waals surface area contributed by atoms with Crippen LogP contribution in [0.2, 0.25) is 0 Å². The van der Waals surface area contributed by atoms with Crippen molar-refractivity contribution in [2.75, 3.05) is 65.8 Å². The summed E-state index contributed by atoms with van der Waals surface area (Å²) in [5.41, 5.74) is 15.7. The minimum atomic E-state index is -0.508. The molecule has 9 aliphatic rings. The largest absolute Gasteiger partial charge is 0.456 e. The number of azide groups is 1. The number of alkyl carbamates (subject to hydrolysis) is 7. The fraction of sp³-hybridized carbons (Fsp3) is 0.670. The number of fused-ring (bicyclic) bond motifs is 1. The highest BCUT2D eigenvalue weighted by molar-refractivity contribution is 8.00. The first-order valence-corrected chi connectivity index (χ1v) is 51.2. The molecule has 7 saturated heterocycles. The van der Waals surface area contributed by atoms with E-state index >= 15 is 0 Å². The molecule has 8 amide bonds. The SMILES string of the molecule is CCCCC/C=C1/NC(=O)OCCC1Cl.CCCCC/C=C1/NC(=O)OCCC1OC.CCCCC/C=C1/NC(=O)OCCC1OC(=O)CCl.CCCCC/C=C1/NC(=O)OCCC1OC(C)=O.CCCCC/C=C1/NC(=O)OCCC1Sc1ccccc1.CCCCC/C=C1\C2CCOC(=O)N12.CCCCCC(N=[N+]=[N-])C1=CCCOC(=O)N1.[C-]#[N+]C1=C(CCCCCC)NC(=O)OCC1. The van der Waals surface area contributed by atoms with Gasteiger partial charge in [0.05, 0.1) is 99.6 Å². The van der Waals surface area contributed by atoms with E-state index in [4.69, 9.17) is 87.4 Å². The molecule has 9 aliphatic heterocycles. The molecule has 7 N–H and O–H groups in total. The zero-order valence-electron chi connectivity index (χ0n) is 82.3. The van der Waals surface area contributed by atoms with Gasteiger partial charge in [-0.05, 0) is 120 Å². The maximum Gasteiger partial charge on any atom is 0.414 e.